The molecule has 112 valence electrons. The van der Waals surface area contributed by atoms with E-state index < -0.39 is 0 Å². The molecule has 0 saturated heterocycles. The number of para-hydroxylation sites is 1. The van der Waals surface area contributed by atoms with Crippen molar-refractivity contribution in [1.82, 2.24) is 4.90 Å². The van der Waals surface area contributed by atoms with Crippen LogP contribution in [-0.4, -0.2) is 22.8 Å². The van der Waals surface area contributed by atoms with Gasteiger partial charge in [-0.3, -0.25) is 9.59 Å². The molecule has 2 aliphatic rings. The first-order chi connectivity index (χ1) is 10.2. The average Bonchev–Trinajstić information content (AvgIpc) is 2.64. The van der Waals surface area contributed by atoms with Gasteiger partial charge in [0.2, 0.25) is 11.8 Å². The van der Waals surface area contributed by atoms with Crippen LogP contribution >= 0.6 is 0 Å². The molecule has 0 radical (unpaired) electrons. The Bertz CT molecular complexity index is 549. The topological polar surface area (TPSA) is 49.4 Å². The summed E-state index contributed by atoms with van der Waals surface area (Å²) in [6.45, 7) is 2.09. The number of benzene rings is 1. The normalized spacial score (nSPS) is 23.2. The number of nitrogens with one attached hydrogen (secondary N) is 1. The molecule has 0 bridgehead atoms. The predicted molar refractivity (Wildman–Crippen MR) is 81.7 cm³/mol. The van der Waals surface area contributed by atoms with E-state index in [0.717, 1.165) is 36.9 Å². The van der Waals surface area contributed by atoms with E-state index >= 15 is 0 Å². The molecule has 4 nitrogen and oxygen atoms in total. The van der Waals surface area contributed by atoms with Crippen LogP contribution in [0.5, 0.6) is 0 Å². The maximum absolute atomic E-state index is 12.7. The molecule has 4 heteroatoms. The minimum atomic E-state index is -0.324. The minimum Gasteiger partial charge on any atom is -0.326 e. The summed E-state index contributed by atoms with van der Waals surface area (Å²) in [6, 6.07) is 7.43. The van der Waals surface area contributed by atoms with Gasteiger partial charge in [-0.15, -0.1) is 0 Å². The van der Waals surface area contributed by atoms with Gasteiger partial charge >= 0.3 is 0 Å². The summed E-state index contributed by atoms with van der Waals surface area (Å²) < 4.78 is 0. The van der Waals surface area contributed by atoms with Gasteiger partial charge in [0.15, 0.2) is 0 Å². The number of nitrogens with zero attached hydrogens (tertiary/aromatic N) is 1. The molecular formula is C17H22N2O2. The fourth-order valence-electron chi connectivity index (χ4n) is 3.64. The maximum atomic E-state index is 12.7. The Hall–Kier alpha value is -1.84. The van der Waals surface area contributed by atoms with Crippen LogP contribution < -0.4 is 5.32 Å². The SMILES string of the molecule is CC(=O)N1Cc2ccccc2NC(=O)C1C1CCCCC1. The molecule has 21 heavy (non-hydrogen) atoms. The van der Waals surface area contributed by atoms with Gasteiger partial charge in [-0.05, 0) is 30.4 Å². The summed E-state index contributed by atoms with van der Waals surface area (Å²) in [5.41, 5.74) is 1.85. The lowest BCUT2D eigenvalue weighted by molar-refractivity contribution is -0.139. The largest absolute Gasteiger partial charge is 0.326 e. The van der Waals surface area contributed by atoms with E-state index in [9.17, 15) is 9.59 Å². The van der Waals surface area contributed by atoms with Crippen LogP contribution in [-0.2, 0) is 16.1 Å². The Morgan fingerprint density at radius 3 is 2.62 bits per heavy atom. The zero-order chi connectivity index (χ0) is 14.8. The van der Waals surface area contributed by atoms with Crippen LogP contribution in [0.25, 0.3) is 0 Å². The molecule has 1 aromatic rings. The Morgan fingerprint density at radius 1 is 1.19 bits per heavy atom. The Morgan fingerprint density at radius 2 is 1.90 bits per heavy atom. The lowest BCUT2D eigenvalue weighted by Gasteiger charge is -2.35. The molecule has 0 aromatic heterocycles. The van der Waals surface area contributed by atoms with Crippen molar-refractivity contribution < 1.29 is 9.59 Å². The van der Waals surface area contributed by atoms with E-state index in [1.165, 1.54) is 6.42 Å². The first-order valence-electron chi connectivity index (χ1n) is 7.83. The van der Waals surface area contributed by atoms with Crippen LogP contribution in [0.1, 0.15) is 44.6 Å². The number of carbonyl (C=O) groups is 2. The van der Waals surface area contributed by atoms with E-state index in [2.05, 4.69) is 5.32 Å². The van der Waals surface area contributed by atoms with Crippen molar-refractivity contribution in [1.29, 1.82) is 0 Å². The number of fused-ring (bicyclic) bond motifs is 1. The highest BCUT2D eigenvalue weighted by molar-refractivity contribution is 5.98. The summed E-state index contributed by atoms with van der Waals surface area (Å²) >= 11 is 0. The van der Waals surface area contributed by atoms with E-state index in [4.69, 9.17) is 0 Å². The predicted octanol–water partition coefficient (Wildman–Crippen LogP) is 2.94. The summed E-state index contributed by atoms with van der Waals surface area (Å²) in [7, 11) is 0. The van der Waals surface area contributed by atoms with Crippen LogP contribution in [0.15, 0.2) is 24.3 Å². The first-order valence-corrected chi connectivity index (χ1v) is 7.83. The average molecular weight is 286 g/mol. The number of carbonyl (C=O) groups excluding carboxylic acids is 2. The lowest BCUT2D eigenvalue weighted by atomic mass is 9.82. The number of rotatable bonds is 1. The van der Waals surface area contributed by atoms with Crippen LogP contribution in [0, 0.1) is 5.92 Å². The van der Waals surface area contributed by atoms with E-state index in [-0.39, 0.29) is 23.8 Å². The third-order valence-corrected chi connectivity index (χ3v) is 4.72. The van der Waals surface area contributed by atoms with E-state index in [0.29, 0.717) is 6.54 Å². The van der Waals surface area contributed by atoms with Gasteiger partial charge in [-0.1, -0.05) is 37.5 Å². The zero-order valence-corrected chi connectivity index (χ0v) is 12.5. The van der Waals surface area contributed by atoms with Crippen molar-refractivity contribution in [3.8, 4) is 0 Å². The maximum Gasteiger partial charge on any atom is 0.247 e. The highest BCUT2D eigenvalue weighted by Gasteiger charge is 2.38. The third-order valence-electron chi connectivity index (χ3n) is 4.72. The van der Waals surface area contributed by atoms with E-state index in [1.807, 2.05) is 24.3 Å². The van der Waals surface area contributed by atoms with Crippen molar-refractivity contribution in [3.63, 3.8) is 0 Å². The molecule has 2 amide bonds. The molecule has 1 fully saturated rings. The summed E-state index contributed by atoms with van der Waals surface area (Å²) in [5.74, 6) is 0.247. The molecule has 1 heterocycles. The molecule has 1 aromatic carbocycles. The van der Waals surface area contributed by atoms with Crippen molar-refractivity contribution in [2.45, 2.75) is 51.6 Å². The van der Waals surface area contributed by atoms with Crippen molar-refractivity contribution in [2.24, 2.45) is 5.92 Å². The molecule has 1 aliphatic heterocycles. The van der Waals surface area contributed by atoms with Crippen molar-refractivity contribution in [2.75, 3.05) is 5.32 Å². The minimum absolute atomic E-state index is 0.0163. The van der Waals surface area contributed by atoms with Crippen molar-refractivity contribution in [3.05, 3.63) is 29.8 Å². The molecule has 1 saturated carbocycles. The van der Waals surface area contributed by atoms with E-state index in [1.54, 1.807) is 11.8 Å². The first kappa shape index (κ1) is 14.1. The standard InChI is InChI=1S/C17H22N2O2/c1-12(20)19-11-14-9-5-6-10-15(14)18-17(21)16(19)13-7-3-2-4-8-13/h5-6,9-10,13,16H,2-4,7-8,11H2,1H3,(H,18,21). The summed E-state index contributed by atoms with van der Waals surface area (Å²) in [4.78, 5) is 26.6. The van der Waals surface area contributed by atoms with Gasteiger partial charge in [0.25, 0.3) is 0 Å². The Kier molecular flexibility index (Phi) is 3.95. The quantitative estimate of drug-likeness (QED) is 0.863. The van der Waals surface area contributed by atoms with Gasteiger partial charge < -0.3 is 10.2 Å². The lowest BCUT2D eigenvalue weighted by Crippen LogP contribution is -2.49. The highest BCUT2D eigenvalue weighted by atomic mass is 16.2. The highest BCUT2D eigenvalue weighted by Crippen LogP contribution is 2.33. The fraction of sp³-hybridized carbons (Fsp3) is 0.529. The van der Waals surface area contributed by atoms with Gasteiger partial charge in [0.05, 0.1) is 0 Å². The monoisotopic (exact) mass is 286 g/mol. The van der Waals surface area contributed by atoms with Gasteiger partial charge in [0.1, 0.15) is 6.04 Å². The number of amides is 2. The van der Waals surface area contributed by atoms with Gasteiger partial charge in [-0.2, -0.15) is 0 Å². The number of hydrogen-bond acceptors (Lipinski definition) is 2. The van der Waals surface area contributed by atoms with Gasteiger partial charge in [0, 0.05) is 19.2 Å². The summed E-state index contributed by atoms with van der Waals surface area (Å²) in [6.07, 6.45) is 5.64. The second-order valence-corrected chi connectivity index (χ2v) is 6.14. The number of anilines is 1. The third kappa shape index (κ3) is 2.80. The van der Waals surface area contributed by atoms with Crippen LogP contribution in [0.2, 0.25) is 0 Å². The van der Waals surface area contributed by atoms with Crippen LogP contribution in [0.4, 0.5) is 5.69 Å². The Balaban J connectivity index is 1.94. The molecule has 0 spiro atoms. The molecule has 1 unspecified atom stereocenters. The molecule has 1 N–H and O–H groups in total. The van der Waals surface area contributed by atoms with Gasteiger partial charge in [-0.25, -0.2) is 0 Å². The second-order valence-electron chi connectivity index (χ2n) is 6.14. The molecule has 1 atom stereocenters. The zero-order valence-electron chi connectivity index (χ0n) is 12.5. The molecule has 3 rings (SSSR count). The van der Waals surface area contributed by atoms with Crippen molar-refractivity contribution >= 4 is 17.5 Å². The molecule has 1 aliphatic carbocycles. The van der Waals surface area contributed by atoms with Crippen LogP contribution in [0.3, 0.4) is 0 Å². The number of hydrogen-bond donors (Lipinski definition) is 1. The fourth-order valence-corrected chi connectivity index (χ4v) is 3.64. The summed E-state index contributed by atoms with van der Waals surface area (Å²) in [5, 5.41) is 3.02. The second kappa shape index (κ2) is 5.88. The Labute approximate surface area is 125 Å². The smallest absolute Gasteiger partial charge is 0.247 e. The molecular weight excluding hydrogens is 264 g/mol.